The average molecular weight is 249 g/mol. The molecule has 0 bridgehead atoms. The number of hydrogen-bond acceptors (Lipinski definition) is 3. The molecule has 0 aromatic carbocycles. The predicted octanol–water partition coefficient (Wildman–Crippen LogP) is 2.71. The fraction of sp³-hybridized carbons (Fsp3) is 0.667. The van der Waals surface area contributed by atoms with E-state index in [1.165, 1.54) is 31.0 Å². The molecular weight excluding hydrogens is 222 g/mol. The van der Waals surface area contributed by atoms with Crippen LogP contribution in [-0.4, -0.2) is 30.7 Å². The first-order valence-electron chi connectivity index (χ1n) is 7.32. The number of fused-ring (bicyclic) bond motifs is 1. The van der Waals surface area contributed by atoms with Gasteiger partial charge in [0.25, 0.3) is 0 Å². The van der Waals surface area contributed by atoms with Crippen molar-refractivity contribution < 1.29 is 1.43 Å². The van der Waals surface area contributed by atoms with Crippen molar-refractivity contribution in [3.8, 4) is 0 Å². The molecule has 0 aliphatic carbocycles. The van der Waals surface area contributed by atoms with Gasteiger partial charge in [0.15, 0.2) is 0 Å². The van der Waals surface area contributed by atoms with Gasteiger partial charge in [0.05, 0.1) is 0 Å². The number of aromatic nitrogens is 1. The van der Waals surface area contributed by atoms with E-state index in [1.807, 2.05) is 13.8 Å². The van der Waals surface area contributed by atoms with Crippen molar-refractivity contribution in [2.75, 3.05) is 24.5 Å². The summed E-state index contributed by atoms with van der Waals surface area (Å²) >= 11 is 0. The summed E-state index contributed by atoms with van der Waals surface area (Å²) in [5.74, 6) is 2.02. The minimum atomic E-state index is 0. The van der Waals surface area contributed by atoms with E-state index in [0.717, 1.165) is 18.9 Å². The molecule has 2 aliphatic rings. The van der Waals surface area contributed by atoms with Crippen LogP contribution in [0.15, 0.2) is 18.2 Å². The van der Waals surface area contributed by atoms with Gasteiger partial charge < -0.3 is 10.2 Å². The molecule has 0 saturated carbocycles. The predicted molar refractivity (Wildman–Crippen MR) is 79.2 cm³/mol. The Hall–Kier alpha value is -1.09. The zero-order valence-corrected chi connectivity index (χ0v) is 11.8. The Labute approximate surface area is 112 Å². The number of pyridine rings is 1. The smallest absolute Gasteiger partial charge is 0.129 e. The highest BCUT2D eigenvalue weighted by molar-refractivity contribution is 5.43. The lowest BCUT2D eigenvalue weighted by Crippen LogP contribution is -2.34. The van der Waals surface area contributed by atoms with Crippen LogP contribution in [0.3, 0.4) is 0 Å². The Balaban J connectivity index is 0.000000576. The first-order chi connectivity index (χ1) is 8.88. The molecular formula is C15H27N3. The monoisotopic (exact) mass is 249 g/mol. The van der Waals surface area contributed by atoms with Gasteiger partial charge in [0, 0.05) is 32.8 Å². The number of nitrogens with zero attached hydrogens (tertiary/aromatic N) is 2. The number of aryl methyl sites for hydroxylation is 1. The van der Waals surface area contributed by atoms with Crippen LogP contribution in [0.5, 0.6) is 0 Å². The molecule has 0 spiro atoms. The SMILES string of the molecule is CC.CCc1cccc(N2CCC3CNCC32)n1.[HH]. The van der Waals surface area contributed by atoms with Crippen LogP contribution in [0.25, 0.3) is 0 Å². The van der Waals surface area contributed by atoms with Gasteiger partial charge in [-0.3, -0.25) is 0 Å². The number of anilines is 1. The molecule has 1 N–H and O–H groups in total. The minimum absolute atomic E-state index is 0. The molecule has 3 nitrogen and oxygen atoms in total. The molecule has 3 rings (SSSR count). The molecule has 3 heterocycles. The molecule has 0 amide bonds. The lowest BCUT2D eigenvalue weighted by molar-refractivity contribution is 0.577. The highest BCUT2D eigenvalue weighted by atomic mass is 15.3. The van der Waals surface area contributed by atoms with E-state index < -0.39 is 0 Å². The van der Waals surface area contributed by atoms with Crippen molar-refractivity contribution in [2.24, 2.45) is 5.92 Å². The van der Waals surface area contributed by atoms with E-state index in [-0.39, 0.29) is 1.43 Å². The second kappa shape index (κ2) is 6.19. The fourth-order valence-electron chi connectivity index (χ4n) is 2.96. The van der Waals surface area contributed by atoms with Crippen LogP contribution in [0.4, 0.5) is 5.82 Å². The first-order valence-corrected chi connectivity index (χ1v) is 7.32. The second-order valence-corrected chi connectivity index (χ2v) is 4.81. The molecule has 1 aromatic heterocycles. The van der Waals surface area contributed by atoms with Crippen molar-refractivity contribution in [3.05, 3.63) is 23.9 Å². The van der Waals surface area contributed by atoms with Crippen LogP contribution < -0.4 is 10.2 Å². The van der Waals surface area contributed by atoms with Crippen molar-refractivity contribution in [1.29, 1.82) is 0 Å². The standard InChI is InChI=1S/C13H19N3.C2H6.H2/c1-2-11-4-3-5-13(15-11)16-7-6-10-8-14-9-12(10)16;1-2;/h3-5,10,12,14H,2,6-9H2,1H3;1-2H3;1H. The molecule has 18 heavy (non-hydrogen) atoms. The van der Waals surface area contributed by atoms with E-state index in [4.69, 9.17) is 4.98 Å². The Bertz CT molecular complexity index is 383. The summed E-state index contributed by atoms with van der Waals surface area (Å²) in [6, 6.07) is 7.08. The molecule has 2 fully saturated rings. The van der Waals surface area contributed by atoms with Crippen LogP contribution in [-0.2, 0) is 6.42 Å². The maximum Gasteiger partial charge on any atom is 0.129 e. The van der Waals surface area contributed by atoms with Crippen molar-refractivity contribution in [2.45, 2.75) is 39.7 Å². The third-order valence-corrected chi connectivity index (χ3v) is 3.89. The zero-order valence-electron chi connectivity index (χ0n) is 11.8. The van der Waals surface area contributed by atoms with Crippen LogP contribution in [0, 0.1) is 5.92 Å². The molecule has 2 unspecified atom stereocenters. The maximum absolute atomic E-state index is 4.73. The highest BCUT2D eigenvalue weighted by Gasteiger charge is 2.37. The van der Waals surface area contributed by atoms with Gasteiger partial charge in [-0.2, -0.15) is 0 Å². The van der Waals surface area contributed by atoms with Gasteiger partial charge >= 0.3 is 0 Å². The summed E-state index contributed by atoms with van der Waals surface area (Å²) in [6.07, 6.45) is 2.34. The first kappa shape index (κ1) is 13.3. The summed E-state index contributed by atoms with van der Waals surface area (Å²) in [5, 5.41) is 3.48. The topological polar surface area (TPSA) is 28.2 Å². The van der Waals surface area contributed by atoms with E-state index >= 15 is 0 Å². The molecule has 0 radical (unpaired) electrons. The maximum atomic E-state index is 4.73. The Kier molecular flexibility index (Phi) is 4.59. The third-order valence-electron chi connectivity index (χ3n) is 3.89. The lowest BCUT2D eigenvalue weighted by Gasteiger charge is -2.24. The number of rotatable bonds is 2. The lowest BCUT2D eigenvalue weighted by atomic mass is 10.1. The quantitative estimate of drug-likeness (QED) is 0.873. The molecule has 102 valence electrons. The Morgan fingerprint density at radius 3 is 3.00 bits per heavy atom. The third kappa shape index (κ3) is 2.51. The van der Waals surface area contributed by atoms with E-state index in [9.17, 15) is 0 Å². The second-order valence-electron chi connectivity index (χ2n) is 4.81. The van der Waals surface area contributed by atoms with Crippen LogP contribution in [0.1, 0.15) is 34.3 Å². The van der Waals surface area contributed by atoms with E-state index in [0.29, 0.717) is 6.04 Å². The summed E-state index contributed by atoms with van der Waals surface area (Å²) in [4.78, 5) is 7.22. The molecule has 1 aromatic rings. The Morgan fingerprint density at radius 1 is 1.39 bits per heavy atom. The molecule has 3 heteroatoms. The van der Waals surface area contributed by atoms with Crippen molar-refractivity contribution in [1.82, 2.24) is 10.3 Å². The minimum Gasteiger partial charge on any atom is -0.352 e. The largest absolute Gasteiger partial charge is 0.352 e. The van der Waals surface area contributed by atoms with Gasteiger partial charge in [0.2, 0.25) is 0 Å². The van der Waals surface area contributed by atoms with E-state index in [1.54, 1.807) is 0 Å². The summed E-state index contributed by atoms with van der Waals surface area (Å²) < 4.78 is 0. The molecule has 2 saturated heterocycles. The fourth-order valence-corrected chi connectivity index (χ4v) is 2.96. The van der Waals surface area contributed by atoms with Crippen LogP contribution in [0.2, 0.25) is 0 Å². The van der Waals surface area contributed by atoms with Crippen molar-refractivity contribution >= 4 is 5.82 Å². The Morgan fingerprint density at radius 2 is 2.22 bits per heavy atom. The van der Waals surface area contributed by atoms with Gasteiger partial charge in [0.1, 0.15) is 5.82 Å². The molecule has 2 aliphatic heterocycles. The van der Waals surface area contributed by atoms with Crippen LogP contribution >= 0.6 is 0 Å². The van der Waals surface area contributed by atoms with Gasteiger partial charge in [-0.1, -0.05) is 26.8 Å². The molecule has 2 atom stereocenters. The van der Waals surface area contributed by atoms with Gasteiger partial charge in [-0.15, -0.1) is 0 Å². The number of nitrogens with one attached hydrogen (secondary N) is 1. The normalized spacial score (nSPS) is 25.6. The summed E-state index contributed by atoms with van der Waals surface area (Å²) in [5.41, 5.74) is 1.20. The average Bonchev–Trinajstić information content (AvgIpc) is 3.03. The van der Waals surface area contributed by atoms with Crippen molar-refractivity contribution in [3.63, 3.8) is 0 Å². The zero-order chi connectivity index (χ0) is 13.0. The van der Waals surface area contributed by atoms with Gasteiger partial charge in [-0.25, -0.2) is 4.98 Å². The summed E-state index contributed by atoms with van der Waals surface area (Å²) in [6.45, 7) is 9.66. The summed E-state index contributed by atoms with van der Waals surface area (Å²) in [7, 11) is 0. The highest BCUT2D eigenvalue weighted by Crippen LogP contribution is 2.30. The number of hydrogen-bond donors (Lipinski definition) is 1. The van der Waals surface area contributed by atoms with E-state index in [2.05, 4.69) is 35.3 Å². The van der Waals surface area contributed by atoms with Gasteiger partial charge in [-0.05, 0) is 30.9 Å².